The highest BCUT2D eigenvalue weighted by atomic mass is 16.5. The van der Waals surface area contributed by atoms with E-state index in [1.54, 1.807) is 7.11 Å². The van der Waals surface area contributed by atoms with Gasteiger partial charge in [-0.05, 0) is 43.6 Å². The van der Waals surface area contributed by atoms with Crippen LogP contribution < -0.4 is 10.1 Å². The fourth-order valence-corrected chi connectivity index (χ4v) is 3.43. The number of ether oxygens (including phenoxy) is 1. The van der Waals surface area contributed by atoms with E-state index in [0.717, 1.165) is 37.2 Å². The number of nitrogens with zero attached hydrogens (tertiary/aromatic N) is 1. The Hall–Kier alpha value is -1.55. The third-order valence-corrected chi connectivity index (χ3v) is 4.81. The summed E-state index contributed by atoms with van der Waals surface area (Å²) in [5.41, 5.74) is 1.03. The molecular weight excluding hydrogens is 288 g/mol. The van der Waals surface area contributed by atoms with Crippen LogP contribution in [-0.4, -0.2) is 37.0 Å². The highest BCUT2D eigenvalue weighted by molar-refractivity contribution is 5.83. The zero-order chi connectivity index (χ0) is 16.7. The van der Waals surface area contributed by atoms with E-state index < -0.39 is 0 Å². The van der Waals surface area contributed by atoms with Gasteiger partial charge in [-0.25, -0.2) is 0 Å². The zero-order valence-electron chi connectivity index (χ0n) is 14.7. The van der Waals surface area contributed by atoms with Gasteiger partial charge in [0.1, 0.15) is 11.8 Å². The third-order valence-electron chi connectivity index (χ3n) is 4.81. The van der Waals surface area contributed by atoms with Crippen LogP contribution in [0.1, 0.15) is 57.6 Å². The molecule has 4 heteroatoms. The van der Waals surface area contributed by atoms with Gasteiger partial charge in [0.05, 0.1) is 7.11 Å². The van der Waals surface area contributed by atoms with Crippen molar-refractivity contribution in [2.45, 2.75) is 58.0 Å². The maximum atomic E-state index is 12.9. The minimum atomic E-state index is -0.224. The number of methoxy groups -OCH3 is 1. The number of rotatable bonds is 7. The first kappa shape index (κ1) is 17.8. The standard InChI is InChI=1S/C19H30N2O2/c1-4-21(5-2)18(15-11-13-17(23-3)14-12-15)19(22)20-16-9-7-6-8-10-16/h11-14,16,18H,4-10H2,1-3H3,(H,20,22). The molecule has 4 nitrogen and oxygen atoms in total. The second-order valence-corrected chi connectivity index (χ2v) is 6.24. The fourth-order valence-electron chi connectivity index (χ4n) is 3.43. The van der Waals surface area contributed by atoms with Crippen LogP contribution in [0, 0.1) is 0 Å². The lowest BCUT2D eigenvalue weighted by molar-refractivity contribution is -0.127. The molecule has 0 bridgehead atoms. The molecule has 1 fully saturated rings. The molecule has 1 unspecified atom stereocenters. The monoisotopic (exact) mass is 318 g/mol. The molecule has 0 radical (unpaired) electrons. The SMILES string of the molecule is CCN(CC)C(C(=O)NC1CCCCC1)c1ccc(OC)cc1. The predicted octanol–water partition coefficient (Wildman–Crippen LogP) is 3.53. The molecule has 1 aliphatic carbocycles. The quantitative estimate of drug-likeness (QED) is 0.836. The van der Waals surface area contributed by atoms with Gasteiger partial charge in [0.25, 0.3) is 0 Å². The second-order valence-electron chi connectivity index (χ2n) is 6.24. The maximum absolute atomic E-state index is 12.9. The normalized spacial score (nSPS) is 17.0. The van der Waals surface area contributed by atoms with Crippen LogP contribution in [0.25, 0.3) is 0 Å². The predicted molar refractivity (Wildman–Crippen MR) is 93.7 cm³/mol. The Morgan fingerprint density at radius 1 is 1.17 bits per heavy atom. The van der Waals surface area contributed by atoms with Crippen molar-refractivity contribution in [3.63, 3.8) is 0 Å². The van der Waals surface area contributed by atoms with E-state index in [1.807, 2.05) is 24.3 Å². The molecular formula is C19H30N2O2. The maximum Gasteiger partial charge on any atom is 0.242 e. The van der Waals surface area contributed by atoms with Crippen molar-refractivity contribution in [1.82, 2.24) is 10.2 Å². The van der Waals surface area contributed by atoms with Crippen molar-refractivity contribution >= 4 is 5.91 Å². The van der Waals surface area contributed by atoms with Crippen molar-refractivity contribution < 1.29 is 9.53 Å². The lowest BCUT2D eigenvalue weighted by Gasteiger charge is -2.31. The molecule has 0 saturated heterocycles. The van der Waals surface area contributed by atoms with Gasteiger partial charge >= 0.3 is 0 Å². The van der Waals surface area contributed by atoms with E-state index >= 15 is 0 Å². The number of nitrogens with one attached hydrogen (secondary N) is 1. The Morgan fingerprint density at radius 3 is 2.30 bits per heavy atom. The number of likely N-dealkylation sites (N-methyl/N-ethyl adjacent to an activating group) is 1. The number of benzene rings is 1. The lowest BCUT2D eigenvalue weighted by atomic mass is 9.94. The Bertz CT molecular complexity index is 477. The van der Waals surface area contributed by atoms with E-state index in [2.05, 4.69) is 24.1 Å². The molecule has 0 aliphatic heterocycles. The van der Waals surface area contributed by atoms with Crippen molar-refractivity contribution in [2.75, 3.05) is 20.2 Å². The van der Waals surface area contributed by atoms with Crippen LogP contribution >= 0.6 is 0 Å². The molecule has 1 saturated carbocycles. The van der Waals surface area contributed by atoms with Gasteiger partial charge in [0, 0.05) is 6.04 Å². The Balaban J connectivity index is 2.16. The van der Waals surface area contributed by atoms with Crippen molar-refractivity contribution in [1.29, 1.82) is 0 Å². The molecule has 1 aliphatic rings. The lowest BCUT2D eigenvalue weighted by Crippen LogP contribution is -2.45. The van der Waals surface area contributed by atoms with E-state index in [-0.39, 0.29) is 11.9 Å². The van der Waals surface area contributed by atoms with Crippen LogP contribution in [0.15, 0.2) is 24.3 Å². The Kier molecular flexibility index (Phi) is 6.90. The van der Waals surface area contributed by atoms with E-state index in [4.69, 9.17) is 4.74 Å². The molecule has 1 amide bonds. The highest BCUT2D eigenvalue weighted by Gasteiger charge is 2.28. The molecule has 1 aromatic rings. The molecule has 2 rings (SSSR count). The number of carbonyl (C=O) groups excluding carboxylic acids is 1. The topological polar surface area (TPSA) is 41.6 Å². The third kappa shape index (κ3) is 4.71. The highest BCUT2D eigenvalue weighted by Crippen LogP contribution is 2.25. The van der Waals surface area contributed by atoms with E-state index in [9.17, 15) is 4.79 Å². The number of carbonyl (C=O) groups is 1. The molecule has 0 aromatic heterocycles. The number of hydrogen-bond donors (Lipinski definition) is 1. The smallest absolute Gasteiger partial charge is 0.242 e. The molecule has 1 aromatic carbocycles. The summed E-state index contributed by atoms with van der Waals surface area (Å²) >= 11 is 0. The van der Waals surface area contributed by atoms with Crippen LogP contribution in [0.3, 0.4) is 0 Å². The summed E-state index contributed by atoms with van der Waals surface area (Å²) in [5.74, 6) is 0.950. The summed E-state index contributed by atoms with van der Waals surface area (Å²) in [6.45, 7) is 5.92. The largest absolute Gasteiger partial charge is 0.497 e. The van der Waals surface area contributed by atoms with Gasteiger partial charge in [-0.3, -0.25) is 9.69 Å². The first-order chi connectivity index (χ1) is 11.2. The average Bonchev–Trinajstić information content (AvgIpc) is 2.60. The summed E-state index contributed by atoms with van der Waals surface area (Å²) in [6.07, 6.45) is 5.97. The molecule has 0 spiro atoms. The van der Waals surface area contributed by atoms with Crippen LogP contribution in [0.4, 0.5) is 0 Å². The molecule has 1 atom stereocenters. The number of amides is 1. The van der Waals surface area contributed by atoms with Gasteiger partial charge in [0.2, 0.25) is 5.91 Å². The number of hydrogen-bond acceptors (Lipinski definition) is 3. The van der Waals surface area contributed by atoms with Crippen molar-refractivity contribution in [2.24, 2.45) is 0 Å². The Labute approximate surface area is 140 Å². The summed E-state index contributed by atoms with van der Waals surface area (Å²) < 4.78 is 5.23. The average molecular weight is 318 g/mol. The molecule has 1 N–H and O–H groups in total. The van der Waals surface area contributed by atoms with E-state index in [1.165, 1.54) is 19.3 Å². The first-order valence-electron chi connectivity index (χ1n) is 8.88. The molecule has 0 heterocycles. The first-order valence-corrected chi connectivity index (χ1v) is 8.88. The summed E-state index contributed by atoms with van der Waals surface area (Å²) in [7, 11) is 1.66. The minimum absolute atomic E-state index is 0.130. The van der Waals surface area contributed by atoms with Crippen LogP contribution in [0.2, 0.25) is 0 Å². The van der Waals surface area contributed by atoms with Gasteiger partial charge in [-0.15, -0.1) is 0 Å². The van der Waals surface area contributed by atoms with Crippen LogP contribution in [0.5, 0.6) is 5.75 Å². The van der Waals surface area contributed by atoms with Gasteiger partial charge in [0.15, 0.2) is 0 Å². The van der Waals surface area contributed by atoms with Gasteiger partial charge in [-0.1, -0.05) is 45.2 Å². The van der Waals surface area contributed by atoms with Crippen molar-refractivity contribution in [3.8, 4) is 5.75 Å². The van der Waals surface area contributed by atoms with Gasteiger partial charge in [-0.2, -0.15) is 0 Å². The second kappa shape index (κ2) is 8.92. The van der Waals surface area contributed by atoms with Crippen LogP contribution in [-0.2, 0) is 4.79 Å². The zero-order valence-corrected chi connectivity index (χ0v) is 14.7. The minimum Gasteiger partial charge on any atom is -0.497 e. The summed E-state index contributed by atoms with van der Waals surface area (Å²) in [6, 6.07) is 7.98. The van der Waals surface area contributed by atoms with Crippen molar-refractivity contribution in [3.05, 3.63) is 29.8 Å². The molecule has 128 valence electrons. The van der Waals surface area contributed by atoms with E-state index in [0.29, 0.717) is 6.04 Å². The Morgan fingerprint density at radius 2 is 1.78 bits per heavy atom. The molecule has 23 heavy (non-hydrogen) atoms. The fraction of sp³-hybridized carbons (Fsp3) is 0.632. The summed E-state index contributed by atoms with van der Waals surface area (Å²) in [5, 5.41) is 3.28. The summed E-state index contributed by atoms with van der Waals surface area (Å²) in [4.78, 5) is 15.1. The van der Waals surface area contributed by atoms with Gasteiger partial charge < -0.3 is 10.1 Å².